The van der Waals surface area contributed by atoms with Crippen molar-refractivity contribution in [2.75, 3.05) is 13.2 Å². The van der Waals surface area contributed by atoms with Gasteiger partial charge < -0.3 is 10.4 Å². The number of benzene rings is 1. The molecule has 1 aromatic carbocycles. The van der Waals surface area contributed by atoms with Crippen LogP contribution in [-0.2, 0) is 6.54 Å². The van der Waals surface area contributed by atoms with Crippen LogP contribution in [0.3, 0.4) is 0 Å². The van der Waals surface area contributed by atoms with Crippen molar-refractivity contribution in [1.29, 1.82) is 0 Å². The Labute approximate surface area is 91.8 Å². The van der Waals surface area contributed by atoms with Crippen molar-refractivity contribution >= 4 is 17.3 Å². The van der Waals surface area contributed by atoms with Crippen LogP contribution < -0.4 is 5.32 Å². The summed E-state index contributed by atoms with van der Waals surface area (Å²) in [5.74, 6) is 0. The maximum absolute atomic E-state index is 10.5. The van der Waals surface area contributed by atoms with E-state index in [1.807, 2.05) is 0 Å². The predicted molar refractivity (Wildman–Crippen MR) is 56.9 cm³/mol. The summed E-state index contributed by atoms with van der Waals surface area (Å²) in [6, 6.07) is 4.28. The summed E-state index contributed by atoms with van der Waals surface area (Å²) in [7, 11) is 0. The van der Waals surface area contributed by atoms with Crippen LogP contribution in [-0.4, -0.2) is 23.2 Å². The lowest BCUT2D eigenvalue weighted by atomic mass is 10.2. The van der Waals surface area contributed by atoms with Gasteiger partial charge >= 0.3 is 0 Å². The minimum absolute atomic E-state index is 0.0141. The third-order valence-electron chi connectivity index (χ3n) is 1.84. The van der Waals surface area contributed by atoms with E-state index in [2.05, 4.69) is 5.32 Å². The van der Waals surface area contributed by atoms with E-state index < -0.39 is 4.92 Å². The Bertz CT molecular complexity index is 357. The molecule has 0 radical (unpaired) electrons. The number of nitrogens with zero attached hydrogens (tertiary/aromatic N) is 1. The number of hydrogen-bond donors (Lipinski definition) is 2. The Balaban J connectivity index is 2.76. The predicted octanol–water partition coefficient (Wildman–Crippen LogP) is 1.33. The summed E-state index contributed by atoms with van der Waals surface area (Å²) >= 11 is 5.85. The number of aliphatic hydroxyl groups is 1. The second-order valence-corrected chi connectivity index (χ2v) is 3.34. The van der Waals surface area contributed by atoms with Gasteiger partial charge in [0.2, 0.25) is 0 Å². The summed E-state index contributed by atoms with van der Waals surface area (Å²) in [6.07, 6.45) is 0. The van der Waals surface area contributed by atoms with Crippen LogP contribution in [0.5, 0.6) is 0 Å². The molecule has 0 fully saturated rings. The molecule has 1 rings (SSSR count). The summed E-state index contributed by atoms with van der Waals surface area (Å²) in [5.41, 5.74) is 0.666. The molecular weight excluding hydrogens is 220 g/mol. The molecule has 0 bridgehead atoms. The van der Waals surface area contributed by atoms with Gasteiger partial charge in [-0.15, -0.1) is 0 Å². The van der Waals surface area contributed by atoms with Crippen LogP contribution in [0.25, 0.3) is 0 Å². The van der Waals surface area contributed by atoms with Gasteiger partial charge in [-0.05, 0) is 11.6 Å². The van der Waals surface area contributed by atoms with E-state index in [4.69, 9.17) is 16.7 Å². The molecule has 0 aliphatic carbocycles. The average molecular weight is 231 g/mol. The zero-order valence-electron chi connectivity index (χ0n) is 7.94. The number of nitrogens with one attached hydrogen (secondary N) is 1. The Hall–Kier alpha value is -1.17. The van der Waals surface area contributed by atoms with E-state index in [-0.39, 0.29) is 12.3 Å². The normalized spacial score (nSPS) is 10.3. The van der Waals surface area contributed by atoms with E-state index >= 15 is 0 Å². The SMILES string of the molecule is O=[N+]([O-])c1ccc(Cl)c(CNCCO)c1. The van der Waals surface area contributed by atoms with Crippen molar-refractivity contribution in [1.82, 2.24) is 5.32 Å². The van der Waals surface area contributed by atoms with Crippen molar-refractivity contribution in [2.45, 2.75) is 6.54 Å². The van der Waals surface area contributed by atoms with Crippen molar-refractivity contribution in [3.8, 4) is 0 Å². The van der Waals surface area contributed by atoms with Crippen molar-refractivity contribution in [3.05, 3.63) is 38.9 Å². The quantitative estimate of drug-likeness (QED) is 0.455. The summed E-state index contributed by atoms with van der Waals surface area (Å²) in [4.78, 5) is 10.0. The Morgan fingerprint density at radius 2 is 2.27 bits per heavy atom. The van der Waals surface area contributed by atoms with Gasteiger partial charge in [0.1, 0.15) is 0 Å². The third-order valence-corrected chi connectivity index (χ3v) is 2.21. The maximum atomic E-state index is 10.5. The molecular formula is C9H11ClN2O3. The molecule has 1 aromatic rings. The van der Waals surface area contributed by atoms with Crippen LogP contribution in [0.15, 0.2) is 18.2 Å². The van der Waals surface area contributed by atoms with Crippen molar-refractivity contribution in [3.63, 3.8) is 0 Å². The van der Waals surface area contributed by atoms with Crippen molar-refractivity contribution < 1.29 is 10.0 Å². The van der Waals surface area contributed by atoms with Crippen LogP contribution in [0.1, 0.15) is 5.56 Å². The number of halogens is 1. The smallest absolute Gasteiger partial charge is 0.269 e. The van der Waals surface area contributed by atoms with E-state index in [0.29, 0.717) is 23.7 Å². The fourth-order valence-electron chi connectivity index (χ4n) is 1.11. The van der Waals surface area contributed by atoms with Gasteiger partial charge in [0.05, 0.1) is 11.5 Å². The summed E-state index contributed by atoms with van der Waals surface area (Å²) in [6.45, 7) is 0.854. The molecule has 0 saturated heterocycles. The van der Waals surface area contributed by atoms with Crippen LogP contribution in [0, 0.1) is 10.1 Å². The van der Waals surface area contributed by atoms with Gasteiger partial charge in [0, 0.05) is 30.2 Å². The van der Waals surface area contributed by atoms with E-state index in [1.54, 1.807) is 0 Å². The molecule has 0 aliphatic heterocycles. The number of rotatable bonds is 5. The molecule has 0 spiro atoms. The van der Waals surface area contributed by atoms with Crippen molar-refractivity contribution in [2.24, 2.45) is 0 Å². The average Bonchev–Trinajstić information content (AvgIpc) is 2.20. The van der Waals surface area contributed by atoms with E-state index in [0.717, 1.165) is 0 Å². The molecule has 0 aliphatic rings. The fraction of sp³-hybridized carbons (Fsp3) is 0.333. The van der Waals surface area contributed by atoms with E-state index in [9.17, 15) is 10.1 Å². The molecule has 6 heteroatoms. The minimum Gasteiger partial charge on any atom is -0.395 e. The lowest BCUT2D eigenvalue weighted by Crippen LogP contribution is -2.17. The molecule has 82 valence electrons. The molecule has 0 heterocycles. The number of non-ortho nitro benzene ring substituents is 1. The number of hydrogen-bond acceptors (Lipinski definition) is 4. The Morgan fingerprint density at radius 3 is 2.87 bits per heavy atom. The highest BCUT2D eigenvalue weighted by Gasteiger charge is 2.08. The first-order valence-corrected chi connectivity index (χ1v) is 4.77. The van der Waals surface area contributed by atoms with Crippen LogP contribution >= 0.6 is 11.6 Å². The highest BCUT2D eigenvalue weighted by atomic mass is 35.5. The topological polar surface area (TPSA) is 75.4 Å². The highest BCUT2D eigenvalue weighted by Crippen LogP contribution is 2.21. The molecule has 0 amide bonds. The maximum Gasteiger partial charge on any atom is 0.269 e. The van der Waals surface area contributed by atoms with Crippen LogP contribution in [0.4, 0.5) is 5.69 Å². The molecule has 0 unspecified atom stereocenters. The minimum atomic E-state index is -0.466. The van der Waals surface area contributed by atoms with Gasteiger partial charge in [-0.25, -0.2) is 0 Å². The molecule has 15 heavy (non-hydrogen) atoms. The first-order chi connectivity index (χ1) is 7.15. The van der Waals surface area contributed by atoms with Gasteiger partial charge in [-0.2, -0.15) is 0 Å². The largest absolute Gasteiger partial charge is 0.395 e. The van der Waals surface area contributed by atoms with Gasteiger partial charge in [0.25, 0.3) is 5.69 Å². The monoisotopic (exact) mass is 230 g/mol. The molecule has 0 atom stereocenters. The van der Waals surface area contributed by atoms with E-state index in [1.165, 1.54) is 18.2 Å². The number of nitro groups is 1. The zero-order chi connectivity index (χ0) is 11.3. The number of nitro benzene ring substituents is 1. The first kappa shape index (κ1) is 11.9. The first-order valence-electron chi connectivity index (χ1n) is 4.39. The fourth-order valence-corrected chi connectivity index (χ4v) is 1.30. The highest BCUT2D eigenvalue weighted by molar-refractivity contribution is 6.31. The summed E-state index contributed by atoms with van der Waals surface area (Å²) < 4.78 is 0. The molecule has 0 aromatic heterocycles. The molecule has 2 N–H and O–H groups in total. The molecule has 0 saturated carbocycles. The number of aliphatic hydroxyl groups excluding tert-OH is 1. The van der Waals surface area contributed by atoms with Gasteiger partial charge in [0.15, 0.2) is 0 Å². The van der Waals surface area contributed by atoms with Gasteiger partial charge in [-0.1, -0.05) is 11.6 Å². The lowest BCUT2D eigenvalue weighted by Gasteiger charge is -2.04. The Morgan fingerprint density at radius 1 is 1.53 bits per heavy atom. The lowest BCUT2D eigenvalue weighted by molar-refractivity contribution is -0.384. The second kappa shape index (κ2) is 5.65. The Kier molecular flexibility index (Phi) is 4.48. The second-order valence-electron chi connectivity index (χ2n) is 2.93. The zero-order valence-corrected chi connectivity index (χ0v) is 8.70. The standard InChI is InChI=1S/C9H11ClN2O3/c10-9-2-1-8(12(14)15)5-7(9)6-11-3-4-13/h1-2,5,11,13H,3-4,6H2. The summed E-state index contributed by atoms with van der Waals surface area (Å²) in [5, 5.41) is 22.4. The third kappa shape index (κ3) is 3.47. The van der Waals surface area contributed by atoms with Crippen LogP contribution in [0.2, 0.25) is 5.02 Å². The molecule has 5 nitrogen and oxygen atoms in total. The van der Waals surface area contributed by atoms with Gasteiger partial charge in [-0.3, -0.25) is 10.1 Å².